The molecule has 0 aromatic rings. The van der Waals surface area contributed by atoms with Gasteiger partial charge >= 0.3 is 5.97 Å². The fraction of sp³-hybridized carbons (Fsp3) is 0.700. The number of aliphatic hydroxyl groups is 3. The molecule has 5 heteroatoms. The van der Waals surface area contributed by atoms with E-state index in [4.69, 9.17) is 20.1 Å². The summed E-state index contributed by atoms with van der Waals surface area (Å²) in [4.78, 5) is 11.2. The fourth-order valence-corrected chi connectivity index (χ4v) is 0.787. The minimum absolute atomic E-state index is 0.0485. The van der Waals surface area contributed by atoms with E-state index in [1.807, 2.05) is 0 Å². The van der Waals surface area contributed by atoms with Crippen LogP contribution in [-0.4, -0.2) is 33.9 Å². The van der Waals surface area contributed by atoms with Crippen molar-refractivity contribution in [3.8, 4) is 0 Å². The lowest BCUT2D eigenvalue weighted by Crippen LogP contribution is -2.27. The average molecular weight is 218 g/mol. The molecule has 0 fully saturated rings. The van der Waals surface area contributed by atoms with Gasteiger partial charge in [0.05, 0.1) is 6.61 Å². The Kier molecular flexibility index (Phi) is 5.49. The lowest BCUT2D eigenvalue weighted by atomic mass is 10.2. The van der Waals surface area contributed by atoms with Crippen LogP contribution >= 0.6 is 0 Å². The third-order valence-corrected chi connectivity index (χ3v) is 1.95. The highest BCUT2D eigenvalue weighted by Crippen LogP contribution is 2.07. The summed E-state index contributed by atoms with van der Waals surface area (Å²) in [7, 11) is 0. The molecule has 5 nitrogen and oxygen atoms in total. The molecule has 3 N–H and O–H groups in total. The second-order valence-electron chi connectivity index (χ2n) is 3.64. The van der Waals surface area contributed by atoms with Crippen LogP contribution in [0.1, 0.15) is 33.6 Å². The van der Waals surface area contributed by atoms with Gasteiger partial charge in [0, 0.05) is 12.0 Å². The maximum atomic E-state index is 11.2. The van der Waals surface area contributed by atoms with Crippen LogP contribution in [0.5, 0.6) is 0 Å². The van der Waals surface area contributed by atoms with Gasteiger partial charge in [0.15, 0.2) is 0 Å². The molecule has 0 amide bonds. The molecule has 0 saturated heterocycles. The first kappa shape index (κ1) is 14.1. The molecular weight excluding hydrogens is 200 g/mol. The lowest BCUT2D eigenvalue weighted by Gasteiger charge is -2.13. The van der Waals surface area contributed by atoms with Gasteiger partial charge in [-0.25, -0.2) is 4.79 Å². The first-order chi connectivity index (χ1) is 6.74. The number of carbonyl (C=O) groups excluding carboxylic acids is 1. The van der Waals surface area contributed by atoms with Gasteiger partial charge in [-0.3, -0.25) is 0 Å². The third kappa shape index (κ3) is 7.07. The molecule has 0 aliphatic carbocycles. The van der Waals surface area contributed by atoms with Crippen LogP contribution in [-0.2, 0) is 9.53 Å². The Labute approximate surface area is 89.0 Å². The zero-order valence-electron chi connectivity index (χ0n) is 9.28. The molecule has 0 aromatic heterocycles. The van der Waals surface area contributed by atoms with Crippen molar-refractivity contribution in [1.82, 2.24) is 0 Å². The van der Waals surface area contributed by atoms with E-state index in [1.165, 1.54) is 0 Å². The zero-order valence-corrected chi connectivity index (χ0v) is 9.28. The highest BCUT2D eigenvalue weighted by molar-refractivity contribution is 5.88. The Bertz CT molecular complexity index is 245. The second-order valence-corrected chi connectivity index (χ2v) is 3.64. The van der Waals surface area contributed by atoms with Gasteiger partial charge in [0.2, 0.25) is 0 Å². The zero-order chi connectivity index (χ0) is 12.1. The van der Waals surface area contributed by atoms with Crippen molar-refractivity contribution in [2.75, 3.05) is 6.61 Å². The molecule has 0 aromatic carbocycles. The first-order valence-corrected chi connectivity index (χ1v) is 4.72. The molecule has 0 rings (SSSR count). The number of esters is 1. The monoisotopic (exact) mass is 218 g/mol. The Balaban J connectivity index is 3.80. The summed E-state index contributed by atoms with van der Waals surface area (Å²) in [5.74, 6) is -3.10. The molecule has 0 spiro atoms. The number of ether oxygens (including phenoxy) is 1. The maximum absolute atomic E-state index is 11.2. The number of hydrogen-bond donors (Lipinski definition) is 3. The summed E-state index contributed by atoms with van der Waals surface area (Å²) in [5, 5.41) is 25.6. The predicted molar refractivity (Wildman–Crippen MR) is 53.6 cm³/mol. The quantitative estimate of drug-likeness (QED) is 0.267. The van der Waals surface area contributed by atoms with Crippen molar-refractivity contribution in [3.05, 3.63) is 11.1 Å². The van der Waals surface area contributed by atoms with E-state index >= 15 is 0 Å². The topological polar surface area (TPSA) is 87.0 Å². The van der Waals surface area contributed by atoms with E-state index in [0.29, 0.717) is 5.57 Å². The first-order valence-electron chi connectivity index (χ1n) is 4.72. The smallest absolute Gasteiger partial charge is 0.333 e. The highest BCUT2D eigenvalue weighted by atomic mass is 16.7. The fourth-order valence-electron chi connectivity index (χ4n) is 0.787. The summed E-state index contributed by atoms with van der Waals surface area (Å²) in [6.07, 6.45) is -0.0700. The molecule has 88 valence electrons. The van der Waals surface area contributed by atoms with Crippen LogP contribution in [0.15, 0.2) is 11.1 Å². The lowest BCUT2D eigenvalue weighted by molar-refractivity contribution is -0.315. The van der Waals surface area contributed by atoms with E-state index < -0.39 is 11.9 Å². The minimum Gasteiger partial charge on any atom is -0.462 e. The normalized spacial score (nSPS) is 11.1. The number of rotatable bonds is 5. The SMILES string of the molecule is CC(C)=C(C)C(=O)OCCCC(O)(O)O. The number of carbonyl (C=O) groups is 1. The average Bonchev–Trinajstić information content (AvgIpc) is 2.09. The van der Waals surface area contributed by atoms with Gasteiger partial charge in [0.25, 0.3) is 5.97 Å². The molecule has 15 heavy (non-hydrogen) atoms. The van der Waals surface area contributed by atoms with E-state index in [9.17, 15) is 4.79 Å². The van der Waals surface area contributed by atoms with Gasteiger partial charge in [0.1, 0.15) is 0 Å². The Morgan fingerprint density at radius 3 is 2.13 bits per heavy atom. The number of allylic oxidation sites excluding steroid dienone is 1. The molecular formula is C10H18O5. The summed E-state index contributed by atoms with van der Waals surface area (Å²) >= 11 is 0. The van der Waals surface area contributed by atoms with Gasteiger partial charge in [-0.15, -0.1) is 0 Å². The summed E-state index contributed by atoms with van der Waals surface area (Å²) in [6, 6.07) is 0. The molecule has 0 unspecified atom stereocenters. The molecule has 0 bridgehead atoms. The van der Waals surface area contributed by atoms with Crippen molar-refractivity contribution in [2.45, 2.75) is 39.6 Å². The van der Waals surface area contributed by atoms with E-state index in [1.54, 1.807) is 20.8 Å². The van der Waals surface area contributed by atoms with Gasteiger partial charge in [-0.1, -0.05) is 5.57 Å². The van der Waals surface area contributed by atoms with Gasteiger partial charge in [-0.05, 0) is 27.2 Å². The summed E-state index contributed by atoms with van der Waals surface area (Å²) < 4.78 is 4.83. The van der Waals surface area contributed by atoms with Crippen molar-refractivity contribution < 1.29 is 24.9 Å². The van der Waals surface area contributed by atoms with E-state index in [2.05, 4.69) is 0 Å². The molecule has 0 atom stereocenters. The number of hydrogen-bond acceptors (Lipinski definition) is 5. The molecule has 0 radical (unpaired) electrons. The third-order valence-electron chi connectivity index (χ3n) is 1.95. The van der Waals surface area contributed by atoms with Crippen molar-refractivity contribution >= 4 is 5.97 Å². The largest absolute Gasteiger partial charge is 0.462 e. The second kappa shape index (κ2) is 5.85. The van der Waals surface area contributed by atoms with Crippen LogP contribution in [0.3, 0.4) is 0 Å². The Morgan fingerprint density at radius 2 is 1.73 bits per heavy atom. The van der Waals surface area contributed by atoms with Crippen LogP contribution in [0, 0.1) is 0 Å². The maximum Gasteiger partial charge on any atom is 0.333 e. The molecule has 0 aliphatic rings. The predicted octanol–water partition coefficient (Wildman–Crippen LogP) is 0.297. The van der Waals surface area contributed by atoms with Crippen LogP contribution in [0.2, 0.25) is 0 Å². The van der Waals surface area contributed by atoms with Crippen LogP contribution in [0.25, 0.3) is 0 Å². The highest BCUT2D eigenvalue weighted by Gasteiger charge is 2.17. The summed E-state index contributed by atoms with van der Waals surface area (Å²) in [6.45, 7) is 5.31. The van der Waals surface area contributed by atoms with Crippen molar-refractivity contribution in [3.63, 3.8) is 0 Å². The Morgan fingerprint density at radius 1 is 1.20 bits per heavy atom. The standard InChI is InChI=1S/C10H18O5/c1-7(2)8(3)9(11)15-6-4-5-10(12,13)14/h12-14H,4-6H2,1-3H3. The Hall–Kier alpha value is -0.910. The van der Waals surface area contributed by atoms with E-state index in [-0.39, 0.29) is 19.4 Å². The van der Waals surface area contributed by atoms with Crippen molar-refractivity contribution in [2.24, 2.45) is 0 Å². The van der Waals surface area contributed by atoms with Crippen molar-refractivity contribution in [1.29, 1.82) is 0 Å². The molecule has 0 saturated carbocycles. The van der Waals surface area contributed by atoms with Crippen LogP contribution in [0.4, 0.5) is 0 Å². The van der Waals surface area contributed by atoms with E-state index in [0.717, 1.165) is 5.57 Å². The van der Waals surface area contributed by atoms with Gasteiger partial charge < -0.3 is 20.1 Å². The summed E-state index contributed by atoms with van der Waals surface area (Å²) in [5.41, 5.74) is 1.42. The van der Waals surface area contributed by atoms with Crippen LogP contribution < -0.4 is 0 Å². The molecule has 0 aliphatic heterocycles. The van der Waals surface area contributed by atoms with Gasteiger partial charge in [-0.2, -0.15) is 0 Å². The minimum atomic E-state index is -2.68. The molecule has 0 heterocycles.